The van der Waals surface area contributed by atoms with Crippen LogP contribution in [0, 0.1) is 5.92 Å². The summed E-state index contributed by atoms with van der Waals surface area (Å²) in [6, 6.07) is -1.54. The van der Waals surface area contributed by atoms with Crippen molar-refractivity contribution >= 4 is 11.9 Å². The molecule has 0 spiro atoms. The first-order valence-electron chi connectivity index (χ1n) is 4.15. The third-order valence-electron chi connectivity index (χ3n) is 1.75. The van der Waals surface area contributed by atoms with Crippen LogP contribution in [0.2, 0.25) is 0 Å². The van der Waals surface area contributed by atoms with Crippen molar-refractivity contribution in [1.29, 1.82) is 0 Å². The molecule has 4 N–H and O–H groups in total. The Morgan fingerprint density at radius 1 is 1.31 bits per heavy atom. The Balaban J connectivity index is 4.08. The van der Waals surface area contributed by atoms with Crippen LogP contribution in [-0.4, -0.2) is 29.1 Å². The Hall–Kier alpha value is -1.10. The lowest BCUT2D eigenvalue weighted by atomic mass is 10.0. The van der Waals surface area contributed by atoms with Crippen molar-refractivity contribution < 1.29 is 14.7 Å². The summed E-state index contributed by atoms with van der Waals surface area (Å²) in [4.78, 5) is 21.6. The summed E-state index contributed by atoms with van der Waals surface area (Å²) < 4.78 is 0. The number of nitrogens with one attached hydrogen (secondary N) is 1. The van der Waals surface area contributed by atoms with Crippen molar-refractivity contribution in [2.24, 2.45) is 11.7 Å². The lowest BCUT2D eigenvalue weighted by molar-refractivity contribution is -0.141. The third kappa shape index (κ3) is 3.89. The van der Waals surface area contributed by atoms with E-state index in [9.17, 15) is 9.59 Å². The van der Waals surface area contributed by atoms with E-state index >= 15 is 0 Å². The molecule has 1 amide bonds. The largest absolute Gasteiger partial charge is 0.480 e. The molecule has 0 aromatic heterocycles. The molecular formula is C8H16N2O3. The van der Waals surface area contributed by atoms with Crippen LogP contribution in [0.15, 0.2) is 0 Å². The van der Waals surface area contributed by atoms with Gasteiger partial charge in [0.15, 0.2) is 0 Å². The summed E-state index contributed by atoms with van der Waals surface area (Å²) in [5, 5.41) is 10.8. The molecule has 2 atom stereocenters. The Kier molecular flexibility index (Phi) is 4.40. The maximum Gasteiger partial charge on any atom is 0.325 e. The molecule has 0 aliphatic heterocycles. The lowest BCUT2D eigenvalue weighted by Gasteiger charge is -2.17. The Morgan fingerprint density at radius 3 is 2.08 bits per heavy atom. The fraction of sp³-hybridized carbons (Fsp3) is 0.750. The fourth-order valence-electron chi connectivity index (χ4n) is 0.674. The van der Waals surface area contributed by atoms with E-state index in [4.69, 9.17) is 10.8 Å². The van der Waals surface area contributed by atoms with Crippen LogP contribution in [0.25, 0.3) is 0 Å². The summed E-state index contributed by atoms with van der Waals surface area (Å²) in [6.45, 7) is 5.00. The zero-order valence-corrected chi connectivity index (χ0v) is 8.07. The predicted molar refractivity (Wildman–Crippen MR) is 48.1 cm³/mol. The van der Waals surface area contributed by atoms with Gasteiger partial charge in [-0.1, -0.05) is 13.8 Å². The number of hydrogen-bond acceptors (Lipinski definition) is 3. The van der Waals surface area contributed by atoms with Gasteiger partial charge in [0.05, 0.1) is 6.04 Å². The van der Waals surface area contributed by atoms with Crippen LogP contribution in [-0.2, 0) is 9.59 Å². The number of amides is 1. The molecule has 1 unspecified atom stereocenters. The highest BCUT2D eigenvalue weighted by Crippen LogP contribution is 1.98. The van der Waals surface area contributed by atoms with Crippen LogP contribution in [0.4, 0.5) is 0 Å². The molecule has 0 saturated heterocycles. The molecule has 0 aromatic carbocycles. The van der Waals surface area contributed by atoms with Crippen molar-refractivity contribution in [3.05, 3.63) is 0 Å². The number of carbonyl (C=O) groups is 2. The first-order valence-corrected chi connectivity index (χ1v) is 4.15. The molecule has 0 radical (unpaired) electrons. The molecule has 0 fully saturated rings. The van der Waals surface area contributed by atoms with E-state index in [2.05, 4.69) is 5.32 Å². The molecule has 5 heteroatoms. The average molecular weight is 188 g/mol. The molecular weight excluding hydrogens is 172 g/mol. The molecule has 0 heterocycles. The van der Waals surface area contributed by atoms with Gasteiger partial charge in [0.2, 0.25) is 5.91 Å². The van der Waals surface area contributed by atoms with Crippen molar-refractivity contribution in [2.45, 2.75) is 32.9 Å². The van der Waals surface area contributed by atoms with Gasteiger partial charge in [0.25, 0.3) is 0 Å². The minimum absolute atomic E-state index is 0.000921. The quantitative estimate of drug-likeness (QED) is 0.557. The van der Waals surface area contributed by atoms with Gasteiger partial charge in [-0.25, -0.2) is 0 Å². The average Bonchev–Trinajstić information content (AvgIpc) is 2.02. The van der Waals surface area contributed by atoms with Gasteiger partial charge >= 0.3 is 5.97 Å². The highest BCUT2D eigenvalue weighted by atomic mass is 16.4. The van der Waals surface area contributed by atoms with Crippen LogP contribution in [0.3, 0.4) is 0 Å². The highest BCUT2D eigenvalue weighted by Gasteiger charge is 2.21. The first-order chi connectivity index (χ1) is 5.86. The molecule has 76 valence electrons. The smallest absolute Gasteiger partial charge is 0.325 e. The molecule has 0 bridgehead atoms. The minimum Gasteiger partial charge on any atom is -0.480 e. The number of aliphatic carboxylic acids is 1. The standard InChI is InChI=1S/C8H16N2O3/c1-4(2)6(9)7(11)10-5(3)8(12)13/h4-6H,9H2,1-3H3,(H,10,11)(H,12,13)/t5-,6?/m1/s1. The monoisotopic (exact) mass is 188 g/mol. The molecule has 0 rings (SSSR count). The maximum atomic E-state index is 11.2. The lowest BCUT2D eigenvalue weighted by Crippen LogP contribution is -2.49. The summed E-state index contributed by atoms with van der Waals surface area (Å²) in [6.07, 6.45) is 0. The van der Waals surface area contributed by atoms with Crippen LogP contribution in [0.1, 0.15) is 20.8 Å². The van der Waals surface area contributed by atoms with Gasteiger partial charge in [0.1, 0.15) is 6.04 Å². The van der Waals surface area contributed by atoms with Gasteiger partial charge in [-0.05, 0) is 12.8 Å². The number of carboxylic acids is 1. The Morgan fingerprint density at radius 2 is 1.77 bits per heavy atom. The zero-order chi connectivity index (χ0) is 10.6. The topological polar surface area (TPSA) is 92.4 Å². The minimum atomic E-state index is -1.07. The van der Waals surface area contributed by atoms with Gasteiger partial charge in [-0.2, -0.15) is 0 Å². The fourth-order valence-corrected chi connectivity index (χ4v) is 0.674. The second-order valence-electron chi connectivity index (χ2n) is 3.34. The highest BCUT2D eigenvalue weighted by molar-refractivity contribution is 5.86. The number of hydrogen-bond donors (Lipinski definition) is 3. The normalized spacial score (nSPS) is 15.2. The number of rotatable bonds is 4. The van der Waals surface area contributed by atoms with Crippen LogP contribution in [0.5, 0.6) is 0 Å². The summed E-state index contributed by atoms with van der Waals surface area (Å²) in [5.74, 6) is -1.49. The van der Waals surface area contributed by atoms with Gasteiger partial charge in [0, 0.05) is 0 Å². The predicted octanol–water partition coefficient (Wildman–Crippen LogP) is -0.441. The summed E-state index contributed by atoms with van der Waals surface area (Å²) in [5.41, 5.74) is 5.50. The number of carbonyl (C=O) groups excluding carboxylic acids is 1. The van der Waals surface area contributed by atoms with E-state index in [1.165, 1.54) is 6.92 Å². The van der Waals surface area contributed by atoms with Crippen LogP contribution < -0.4 is 11.1 Å². The van der Waals surface area contributed by atoms with E-state index < -0.39 is 24.0 Å². The van der Waals surface area contributed by atoms with E-state index in [1.807, 2.05) is 0 Å². The van der Waals surface area contributed by atoms with Crippen molar-refractivity contribution in [3.8, 4) is 0 Å². The van der Waals surface area contributed by atoms with E-state index in [-0.39, 0.29) is 5.92 Å². The van der Waals surface area contributed by atoms with Crippen molar-refractivity contribution in [2.75, 3.05) is 0 Å². The van der Waals surface area contributed by atoms with Gasteiger partial charge in [-0.15, -0.1) is 0 Å². The molecule has 5 nitrogen and oxygen atoms in total. The maximum absolute atomic E-state index is 11.2. The second-order valence-corrected chi connectivity index (χ2v) is 3.34. The van der Waals surface area contributed by atoms with Crippen LogP contribution >= 0.6 is 0 Å². The SMILES string of the molecule is CC(C)C(N)C(=O)N[C@H](C)C(=O)O. The zero-order valence-electron chi connectivity index (χ0n) is 8.07. The first kappa shape index (κ1) is 11.9. The van der Waals surface area contributed by atoms with Gasteiger partial charge in [-0.3, -0.25) is 9.59 Å². The Bertz CT molecular complexity index is 204. The van der Waals surface area contributed by atoms with E-state index in [1.54, 1.807) is 13.8 Å². The summed E-state index contributed by atoms with van der Waals surface area (Å²) in [7, 11) is 0. The van der Waals surface area contributed by atoms with Gasteiger partial charge < -0.3 is 16.2 Å². The molecule has 0 aromatic rings. The van der Waals surface area contributed by atoms with E-state index in [0.717, 1.165) is 0 Å². The second kappa shape index (κ2) is 4.81. The molecule has 0 aliphatic rings. The molecule has 0 saturated carbocycles. The Labute approximate surface area is 77.3 Å². The third-order valence-corrected chi connectivity index (χ3v) is 1.75. The summed E-state index contributed by atoms with van der Waals surface area (Å²) >= 11 is 0. The number of nitrogens with two attached hydrogens (primary N) is 1. The van der Waals surface area contributed by atoms with Crippen molar-refractivity contribution in [3.63, 3.8) is 0 Å². The van der Waals surface area contributed by atoms with E-state index in [0.29, 0.717) is 0 Å². The van der Waals surface area contributed by atoms with Crippen molar-refractivity contribution in [1.82, 2.24) is 5.32 Å². The molecule has 13 heavy (non-hydrogen) atoms. The number of carboxylic acid groups (broad SMARTS) is 1. The molecule has 0 aliphatic carbocycles.